The number of hydrogen-bond donors (Lipinski definition) is 2. The molecule has 0 spiro atoms. The van der Waals surface area contributed by atoms with Crippen molar-refractivity contribution in [2.45, 2.75) is 18.4 Å². The lowest BCUT2D eigenvalue weighted by Gasteiger charge is -2.35. The Hall–Kier alpha value is -2.86. The number of nitrogens with zero attached hydrogens (tertiary/aromatic N) is 2. The van der Waals surface area contributed by atoms with Gasteiger partial charge in [0, 0.05) is 19.0 Å². The Bertz CT molecular complexity index is 904. The van der Waals surface area contributed by atoms with Crippen molar-refractivity contribution in [3.05, 3.63) is 59.9 Å². The summed E-state index contributed by atoms with van der Waals surface area (Å²) in [5.74, 6) is 0.905. The van der Waals surface area contributed by atoms with E-state index < -0.39 is 6.10 Å². The number of likely N-dealkylation sites (tertiary alicyclic amines) is 1. The highest BCUT2D eigenvalue weighted by atomic mass is 16.5. The molecule has 0 unspecified atom stereocenters. The van der Waals surface area contributed by atoms with Crippen LogP contribution in [0, 0.1) is 0 Å². The first-order valence-electron chi connectivity index (χ1n) is 8.72. The van der Waals surface area contributed by atoms with Crippen molar-refractivity contribution < 1.29 is 14.6 Å². The lowest BCUT2D eigenvalue weighted by atomic mass is 9.87. The van der Waals surface area contributed by atoms with E-state index in [0.29, 0.717) is 18.8 Å². The summed E-state index contributed by atoms with van der Waals surface area (Å²) in [6.45, 7) is 0.868. The van der Waals surface area contributed by atoms with E-state index in [0.717, 1.165) is 22.3 Å². The Labute approximate surface area is 151 Å². The van der Waals surface area contributed by atoms with Crippen molar-refractivity contribution in [1.29, 1.82) is 0 Å². The van der Waals surface area contributed by atoms with Gasteiger partial charge in [0.25, 0.3) is 5.91 Å². The second kappa shape index (κ2) is 6.80. The summed E-state index contributed by atoms with van der Waals surface area (Å²) in [6.07, 6.45) is 0.0736. The van der Waals surface area contributed by atoms with E-state index >= 15 is 0 Å². The highest BCUT2D eigenvalue weighted by Gasteiger charge is 2.32. The van der Waals surface area contributed by atoms with Crippen LogP contribution < -0.4 is 4.74 Å². The molecule has 6 heteroatoms. The molecule has 0 aliphatic carbocycles. The fraction of sp³-hybridized carbons (Fsp3) is 0.300. The third-order valence-electron chi connectivity index (χ3n) is 4.98. The van der Waals surface area contributed by atoms with Crippen LogP contribution in [0.3, 0.4) is 0 Å². The zero-order valence-corrected chi connectivity index (χ0v) is 14.6. The molecule has 2 aromatic carbocycles. The van der Waals surface area contributed by atoms with Crippen LogP contribution in [-0.4, -0.2) is 52.2 Å². The maximum Gasteiger partial charge on any atom is 0.289 e. The fourth-order valence-corrected chi connectivity index (χ4v) is 3.58. The number of amides is 1. The van der Waals surface area contributed by atoms with Crippen molar-refractivity contribution in [3.63, 3.8) is 0 Å². The molecular weight excluding hydrogens is 330 g/mol. The standard InChI is InChI=1S/C20H21N3O3/c1-26-14-6-4-5-13(11-14)15-9-10-23(12-18(15)24)20(25)19-21-16-7-2-3-8-17(16)22-19/h2-8,11,15,18,24H,9-10,12H2,1H3,(H,21,22)/t15-,18+/m0/s1. The molecule has 1 aromatic heterocycles. The quantitative estimate of drug-likeness (QED) is 0.760. The number of β-amino-alcohol motifs (C(OH)–C–C–N with tert-alkyl or cyclic N) is 1. The normalized spacial score (nSPS) is 20.3. The molecule has 1 saturated heterocycles. The van der Waals surface area contributed by atoms with Gasteiger partial charge in [0.1, 0.15) is 5.75 Å². The van der Waals surface area contributed by atoms with E-state index in [1.807, 2.05) is 48.5 Å². The molecule has 134 valence electrons. The first kappa shape index (κ1) is 16.6. The minimum absolute atomic E-state index is 0.00942. The molecule has 1 amide bonds. The van der Waals surface area contributed by atoms with Crippen molar-refractivity contribution in [2.75, 3.05) is 20.2 Å². The van der Waals surface area contributed by atoms with Crippen molar-refractivity contribution in [1.82, 2.24) is 14.9 Å². The first-order valence-corrected chi connectivity index (χ1v) is 8.72. The van der Waals surface area contributed by atoms with Gasteiger partial charge in [-0.15, -0.1) is 0 Å². The largest absolute Gasteiger partial charge is 0.497 e. The highest BCUT2D eigenvalue weighted by molar-refractivity contribution is 5.94. The number of nitrogens with one attached hydrogen (secondary N) is 1. The molecule has 1 aliphatic heterocycles. The van der Waals surface area contributed by atoms with Gasteiger partial charge in [-0.25, -0.2) is 4.98 Å². The number of aliphatic hydroxyl groups excluding tert-OH is 1. The molecular formula is C20H21N3O3. The highest BCUT2D eigenvalue weighted by Crippen LogP contribution is 2.31. The second-order valence-electron chi connectivity index (χ2n) is 6.59. The van der Waals surface area contributed by atoms with Crippen LogP contribution in [-0.2, 0) is 0 Å². The molecule has 4 rings (SSSR count). The number of H-pyrrole nitrogens is 1. The number of imidazole rings is 1. The average molecular weight is 351 g/mol. The monoisotopic (exact) mass is 351 g/mol. The van der Waals surface area contributed by atoms with Gasteiger partial charge in [-0.1, -0.05) is 24.3 Å². The number of methoxy groups -OCH3 is 1. The Morgan fingerprint density at radius 3 is 2.88 bits per heavy atom. The Kier molecular flexibility index (Phi) is 4.34. The number of aromatic nitrogens is 2. The first-order chi connectivity index (χ1) is 12.7. The van der Waals surface area contributed by atoms with Gasteiger partial charge in [-0.2, -0.15) is 0 Å². The Morgan fingerprint density at radius 2 is 2.12 bits per heavy atom. The maximum absolute atomic E-state index is 12.8. The van der Waals surface area contributed by atoms with Crippen molar-refractivity contribution in [3.8, 4) is 5.75 Å². The van der Waals surface area contributed by atoms with Gasteiger partial charge < -0.3 is 19.7 Å². The number of piperidine rings is 1. The van der Waals surface area contributed by atoms with Crippen LogP contribution in [0.25, 0.3) is 11.0 Å². The molecule has 0 saturated carbocycles. The zero-order valence-electron chi connectivity index (χ0n) is 14.6. The summed E-state index contributed by atoms with van der Waals surface area (Å²) < 4.78 is 5.27. The van der Waals surface area contributed by atoms with E-state index in [2.05, 4.69) is 9.97 Å². The van der Waals surface area contributed by atoms with Crippen LogP contribution in [0.5, 0.6) is 5.75 Å². The third kappa shape index (κ3) is 3.04. The van der Waals surface area contributed by atoms with Crippen LogP contribution in [0.1, 0.15) is 28.5 Å². The summed E-state index contributed by atoms with van der Waals surface area (Å²) in [5.41, 5.74) is 2.64. The van der Waals surface area contributed by atoms with E-state index in [-0.39, 0.29) is 18.4 Å². The predicted octanol–water partition coefficient (Wildman–Crippen LogP) is 2.56. The van der Waals surface area contributed by atoms with Gasteiger partial charge >= 0.3 is 0 Å². The lowest BCUT2D eigenvalue weighted by Crippen LogP contribution is -2.46. The molecule has 6 nitrogen and oxygen atoms in total. The van der Waals surface area contributed by atoms with Gasteiger partial charge in [-0.3, -0.25) is 4.79 Å². The molecule has 3 aromatic rings. The number of aromatic amines is 1. The smallest absolute Gasteiger partial charge is 0.289 e. The van der Waals surface area contributed by atoms with E-state index in [9.17, 15) is 9.90 Å². The van der Waals surface area contributed by atoms with Gasteiger partial charge in [0.05, 0.1) is 24.2 Å². The number of ether oxygens (including phenoxy) is 1. The predicted molar refractivity (Wildman–Crippen MR) is 98.4 cm³/mol. The van der Waals surface area contributed by atoms with Crippen LogP contribution in [0.4, 0.5) is 0 Å². The molecule has 2 atom stereocenters. The molecule has 26 heavy (non-hydrogen) atoms. The Balaban J connectivity index is 1.50. The van der Waals surface area contributed by atoms with Gasteiger partial charge in [0.2, 0.25) is 0 Å². The number of para-hydroxylation sites is 2. The molecule has 0 bridgehead atoms. The van der Waals surface area contributed by atoms with Crippen LogP contribution in [0.2, 0.25) is 0 Å². The SMILES string of the molecule is COc1cccc([C@@H]2CCN(C(=O)c3nc4ccccc4[nH]3)C[C@H]2O)c1. The van der Waals surface area contributed by atoms with Crippen LogP contribution in [0.15, 0.2) is 48.5 Å². The zero-order chi connectivity index (χ0) is 18.1. The number of hydrogen-bond acceptors (Lipinski definition) is 4. The second-order valence-corrected chi connectivity index (χ2v) is 6.59. The van der Waals surface area contributed by atoms with Gasteiger partial charge in [-0.05, 0) is 36.2 Å². The number of benzene rings is 2. The summed E-state index contributed by atoms with van der Waals surface area (Å²) >= 11 is 0. The summed E-state index contributed by atoms with van der Waals surface area (Å²) in [6, 6.07) is 15.3. The maximum atomic E-state index is 12.8. The van der Waals surface area contributed by atoms with Crippen molar-refractivity contribution in [2.24, 2.45) is 0 Å². The molecule has 1 aliphatic rings. The minimum Gasteiger partial charge on any atom is -0.497 e. The lowest BCUT2D eigenvalue weighted by molar-refractivity contribution is 0.0374. The molecule has 2 heterocycles. The minimum atomic E-state index is -0.621. The van der Waals surface area contributed by atoms with Gasteiger partial charge in [0.15, 0.2) is 5.82 Å². The van der Waals surface area contributed by atoms with E-state index in [1.165, 1.54) is 0 Å². The number of fused-ring (bicyclic) bond motifs is 1. The topological polar surface area (TPSA) is 78.5 Å². The molecule has 1 fully saturated rings. The molecule has 0 radical (unpaired) electrons. The van der Waals surface area contributed by atoms with Crippen LogP contribution >= 0.6 is 0 Å². The summed E-state index contributed by atoms with van der Waals surface area (Å²) in [5, 5.41) is 10.6. The molecule has 2 N–H and O–H groups in total. The van der Waals surface area contributed by atoms with Crippen molar-refractivity contribution >= 4 is 16.9 Å². The Morgan fingerprint density at radius 1 is 1.27 bits per heavy atom. The number of aliphatic hydroxyl groups is 1. The number of carbonyl (C=O) groups is 1. The third-order valence-corrected chi connectivity index (χ3v) is 4.98. The average Bonchev–Trinajstić information content (AvgIpc) is 3.11. The fourth-order valence-electron chi connectivity index (χ4n) is 3.58. The summed E-state index contributed by atoms with van der Waals surface area (Å²) in [7, 11) is 1.63. The number of rotatable bonds is 3. The van der Waals surface area contributed by atoms with E-state index in [1.54, 1.807) is 12.0 Å². The van der Waals surface area contributed by atoms with E-state index in [4.69, 9.17) is 4.74 Å². The number of carbonyl (C=O) groups excluding carboxylic acids is 1. The summed E-state index contributed by atoms with van der Waals surface area (Å²) in [4.78, 5) is 21.9.